The van der Waals surface area contributed by atoms with Crippen molar-refractivity contribution in [3.05, 3.63) is 28.8 Å². The predicted octanol–water partition coefficient (Wildman–Crippen LogP) is 2.65. The van der Waals surface area contributed by atoms with Crippen molar-refractivity contribution in [3.63, 3.8) is 0 Å². The SMILES string of the molecule is C#CC(C)Nc1ccc(C#N)c(Cl)c1. The van der Waals surface area contributed by atoms with Crippen LogP contribution in [0, 0.1) is 23.7 Å². The molecule has 1 unspecified atom stereocenters. The third-order valence-electron chi connectivity index (χ3n) is 1.72. The standard InChI is InChI=1S/C11H9ClN2/c1-3-8(2)14-10-5-4-9(7-13)11(12)6-10/h1,4-6,8,14H,2H3. The Bertz CT molecular complexity index is 412. The van der Waals surface area contributed by atoms with E-state index in [4.69, 9.17) is 23.3 Å². The van der Waals surface area contributed by atoms with Gasteiger partial charge in [-0.05, 0) is 25.1 Å². The molecule has 1 aromatic carbocycles. The number of terminal acetylenes is 1. The minimum absolute atomic E-state index is 0.0565. The summed E-state index contributed by atoms with van der Waals surface area (Å²) in [5.74, 6) is 2.54. The highest BCUT2D eigenvalue weighted by molar-refractivity contribution is 6.32. The van der Waals surface area contributed by atoms with Crippen LogP contribution in [0.25, 0.3) is 0 Å². The van der Waals surface area contributed by atoms with Gasteiger partial charge in [-0.15, -0.1) is 6.42 Å². The molecule has 70 valence electrons. The van der Waals surface area contributed by atoms with Crippen LogP contribution in [0.5, 0.6) is 0 Å². The maximum atomic E-state index is 8.65. The van der Waals surface area contributed by atoms with Gasteiger partial charge in [-0.3, -0.25) is 0 Å². The quantitative estimate of drug-likeness (QED) is 0.752. The van der Waals surface area contributed by atoms with E-state index < -0.39 is 0 Å². The molecule has 1 rings (SSSR count). The highest BCUT2D eigenvalue weighted by Crippen LogP contribution is 2.20. The summed E-state index contributed by atoms with van der Waals surface area (Å²) in [7, 11) is 0. The molecule has 0 spiro atoms. The molecule has 0 aliphatic rings. The van der Waals surface area contributed by atoms with Crippen LogP contribution < -0.4 is 5.32 Å². The number of hydrogen-bond acceptors (Lipinski definition) is 2. The van der Waals surface area contributed by atoms with E-state index >= 15 is 0 Å². The van der Waals surface area contributed by atoms with E-state index in [1.807, 2.05) is 13.0 Å². The van der Waals surface area contributed by atoms with Gasteiger partial charge in [-0.1, -0.05) is 17.5 Å². The Morgan fingerprint density at radius 1 is 1.57 bits per heavy atom. The fourth-order valence-electron chi connectivity index (χ4n) is 0.987. The molecule has 1 N–H and O–H groups in total. The first-order valence-electron chi connectivity index (χ1n) is 4.09. The Labute approximate surface area is 88.5 Å². The molecule has 0 aliphatic heterocycles. The minimum Gasteiger partial charge on any atom is -0.372 e. The second-order valence-electron chi connectivity index (χ2n) is 2.84. The molecule has 0 aromatic heterocycles. The first-order valence-corrected chi connectivity index (χ1v) is 4.47. The van der Waals surface area contributed by atoms with E-state index in [-0.39, 0.29) is 6.04 Å². The monoisotopic (exact) mass is 204 g/mol. The fourth-order valence-corrected chi connectivity index (χ4v) is 1.21. The smallest absolute Gasteiger partial charge is 0.101 e. The van der Waals surface area contributed by atoms with Gasteiger partial charge in [-0.25, -0.2) is 0 Å². The second kappa shape index (κ2) is 4.56. The lowest BCUT2D eigenvalue weighted by atomic mass is 10.2. The van der Waals surface area contributed by atoms with Gasteiger partial charge in [0.15, 0.2) is 0 Å². The van der Waals surface area contributed by atoms with Gasteiger partial charge >= 0.3 is 0 Å². The lowest BCUT2D eigenvalue weighted by Gasteiger charge is -2.09. The molecule has 0 bridgehead atoms. The van der Waals surface area contributed by atoms with Crippen LogP contribution in [0.15, 0.2) is 18.2 Å². The third kappa shape index (κ3) is 2.42. The van der Waals surface area contributed by atoms with Crippen molar-refractivity contribution >= 4 is 17.3 Å². The predicted molar refractivity (Wildman–Crippen MR) is 58.1 cm³/mol. The molecule has 0 aliphatic carbocycles. The summed E-state index contributed by atoms with van der Waals surface area (Å²) >= 11 is 5.84. The molecule has 3 heteroatoms. The Morgan fingerprint density at radius 3 is 2.79 bits per heavy atom. The summed E-state index contributed by atoms with van der Waals surface area (Å²) in [4.78, 5) is 0. The first kappa shape index (κ1) is 10.4. The van der Waals surface area contributed by atoms with Crippen molar-refractivity contribution in [3.8, 4) is 18.4 Å². The fraction of sp³-hybridized carbons (Fsp3) is 0.182. The van der Waals surface area contributed by atoms with E-state index in [0.29, 0.717) is 10.6 Å². The van der Waals surface area contributed by atoms with Crippen molar-refractivity contribution in [2.75, 3.05) is 5.32 Å². The number of hydrogen-bond donors (Lipinski definition) is 1. The normalized spacial score (nSPS) is 11.1. The molecular formula is C11H9ClN2. The van der Waals surface area contributed by atoms with E-state index in [2.05, 4.69) is 11.2 Å². The highest BCUT2D eigenvalue weighted by Gasteiger charge is 2.02. The van der Waals surface area contributed by atoms with Gasteiger partial charge < -0.3 is 5.32 Å². The van der Waals surface area contributed by atoms with Crippen molar-refractivity contribution in [2.24, 2.45) is 0 Å². The van der Waals surface area contributed by atoms with Crippen LogP contribution in [0.3, 0.4) is 0 Å². The number of nitrogens with one attached hydrogen (secondary N) is 1. The van der Waals surface area contributed by atoms with Crippen molar-refractivity contribution in [1.29, 1.82) is 5.26 Å². The molecule has 0 radical (unpaired) electrons. The number of halogens is 1. The Hall–Kier alpha value is -1.64. The van der Waals surface area contributed by atoms with Crippen LogP contribution in [-0.2, 0) is 0 Å². The lowest BCUT2D eigenvalue weighted by molar-refractivity contribution is 1.04. The summed E-state index contributed by atoms with van der Waals surface area (Å²) in [6.45, 7) is 1.87. The van der Waals surface area contributed by atoms with Crippen molar-refractivity contribution in [2.45, 2.75) is 13.0 Å². The number of anilines is 1. The topological polar surface area (TPSA) is 35.8 Å². The summed E-state index contributed by atoms with van der Waals surface area (Å²) in [6.07, 6.45) is 5.22. The van der Waals surface area contributed by atoms with E-state index in [9.17, 15) is 0 Å². The number of nitrogens with zero attached hydrogens (tertiary/aromatic N) is 1. The summed E-state index contributed by atoms with van der Waals surface area (Å²) < 4.78 is 0. The van der Waals surface area contributed by atoms with Gasteiger partial charge in [0.25, 0.3) is 0 Å². The summed E-state index contributed by atoms with van der Waals surface area (Å²) in [5, 5.41) is 12.1. The molecular weight excluding hydrogens is 196 g/mol. The molecule has 0 heterocycles. The number of benzene rings is 1. The van der Waals surface area contributed by atoms with Crippen LogP contribution in [0.1, 0.15) is 12.5 Å². The largest absolute Gasteiger partial charge is 0.372 e. The van der Waals surface area contributed by atoms with Crippen LogP contribution in [0.4, 0.5) is 5.69 Å². The lowest BCUT2D eigenvalue weighted by Crippen LogP contribution is -2.11. The molecule has 0 saturated heterocycles. The van der Waals surface area contributed by atoms with Gasteiger partial charge in [-0.2, -0.15) is 5.26 Å². The maximum absolute atomic E-state index is 8.65. The molecule has 0 saturated carbocycles. The molecule has 1 aromatic rings. The average molecular weight is 205 g/mol. The van der Waals surface area contributed by atoms with E-state index in [1.165, 1.54) is 0 Å². The van der Waals surface area contributed by atoms with Crippen LogP contribution in [-0.4, -0.2) is 6.04 Å². The van der Waals surface area contributed by atoms with Crippen LogP contribution >= 0.6 is 11.6 Å². The number of nitriles is 1. The third-order valence-corrected chi connectivity index (χ3v) is 2.04. The molecule has 2 nitrogen and oxygen atoms in total. The second-order valence-corrected chi connectivity index (χ2v) is 3.25. The Balaban J connectivity index is 2.89. The first-order chi connectivity index (χ1) is 6.67. The minimum atomic E-state index is -0.0565. The molecule has 1 atom stereocenters. The molecule has 0 fully saturated rings. The Morgan fingerprint density at radius 2 is 2.29 bits per heavy atom. The molecule has 0 amide bonds. The Kier molecular flexibility index (Phi) is 3.40. The van der Waals surface area contributed by atoms with Gasteiger partial charge in [0.05, 0.1) is 16.6 Å². The van der Waals surface area contributed by atoms with Gasteiger partial charge in [0.1, 0.15) is 6.07 Å². The van der Waals surface area contributed by atoms with Crippen LogP contribution in [0.2, 0.25) is 5.02 Å². The number of rotatable bonds is 2. The summed E-state index contributed by atoms with van der Waals surface area (Å²) in [6, 6.07) is 7.06. The average Bonchev–Trinajstić information content (AvgIpc) is 2.18. The summed E-state index contributed by atoms with van der Waals surface area (Å²) in [5.41, 5.74) is 1.28. The zero-order valence-corrected chi connectivity index (χ0v) is 8.47. The zero-order valence-electron chi connectivity index (χ0n) is 7.71. The molecule has 14 heavy (non-hydrogen) atoms. The zero-order chi connectivity index (χ0) is 10.6. The van der Waals surface area contributed by atoms with Crippen molar-refractivity contribution in [1.82, 2.24) is 0 Å². The van der Waals surface area contributed by atoms with Gasteiger partial charge in [0, 0.05) is 5.69 Å². The van der Waals surface area contributed by atoms with E-state index in [0.717, 1.165) is 5.69 Å². The van der Waals surface area contributed by atoms with Gasteiger partial charge in [0.2, 0.25) is 0 Å². The van der Waals surface area contributed by atoms with E-state index in [1.54, 1.807) is 18.2 Å². The maximum Gasteiger partial charge on any atom is 0.101 e. The van der Waals surface area contributed by atoms with Crippen molar-refractivity contribution < 1.29 is 0 Å². The highest BCUT2D eigenvalue weighted by atomic mass is 35.5.